The van der Waals surface area contributed by atoms with E-state index < -0.39 is 0 Å². The molecule has 0 amide bonds. The maximum Gasteiger partial charge on any atom is 0.203 e. The predicted molar refractivity (Wildman–Crippen MR) is 89.4 cm³/mol. The highest BCUT2D eigenvalue weighted by molar-refractivity contribution is 6.28. The predicted octanol–water partition coefficient (Wildman–Crippen LogP) is 3.21. The van der Waals surface area contributed by atoms with Gasteiger partial charge in [0.2, 0.25) is 11.1 Å². The second kappa shape index (κ2) is 6.75. The van der Waals surface area contributed by atoms with Crippen LogP contribution in [0.2, 0.25) is 5.28 Å². The zero-order valence-corrected chi connectivity index (χ0v) is 13.9. The van der Waals surface area contributed by atoms with Crippen molar-refractivity contribution in [3.8, 4) is 0 Å². The van der Waals surface area contributed by atoms with Crippen LogP contribution >= 0.6 is 11.6 Å². The highest BCUT2D eigenvalue weighted by Gasteiger charge is 2.10. The van der Waals surface area contributed by atoms with E-state index in [4.69, 9.17) is 11.6 Å². The molecule has 2 rings (SSSR count). The lowest BCUT2D eigenvalue weighted by atomic mass is 10.2. The molecule has 0 saturated carbocycles. The van der Waals surface area contributed by atoms with Gasteiger partial charge in [-0.05, 0) is 55.3 Å². The maximum absolute atomic E-state index is 12.1. The van der Waals surface area contributed by atoms with Crippen molar-refractivity contribution in [1.82, 2.24) is 14.5 Å². The van der Waals surface area contributed by atoms with Crippen molar-refractivity contribution < 1.29 is 4.79 Å². The number of carbonyl (C=O) groups excluding carboxylic acids is 1. The van der Waals surface area contributed by atoms with Gasteiger partial charge in [0.1, 0.15) is 11.5 Å². The molecule has 0 radical (unpaired) electrons. The Kier molecular flexibility index (Phi) is 4.98. The van der Waals surface area contributed by atoms with E-state index in [9.17, 15) is 4.79 Å². The third-order valence-corrected chi connectivity index (χ3v) is 3.87. The Morgan fingerprint density at radius 1 is 1.32 bits per heavy atom. The van der Waals surface area contributed by atoms with Crippen LogP contribution in [0.4, 0.5) is 5.82 Å². The van der Waals surface area contributed by atoms with Crippen LogP contribution in [0.5, 0.6) is 0 Å². The molecule has 2 aromatic heterocycles. The summed E-state index contributed by atoms with van der Waals surface area (Å²) in [6.45, 7) is 4.21. The fourth-order valence-electron chi connectivity index (χ4n) is 1.84. The highest BCUT2D eigenvalue weighted by Crippen LogP contribution is 2.14. The molecule has 0 N–H and O–H groups in total. The monoisotopic (exact) mass is 318 g/mol. The third-order valence-electron chi connectivity index (χ3n) is 3.52. The van der Waals surface area contributed by atoms with Crippen LogP contribution < -0.4 is 4.90 Å². The number of ketones is 1. The molecule has 0 unspecified atom stereocenters. The number of hydrogen-bond donors (Lipinski definition) is 0. The Morgan fingerprint density at radius 2 is 2.05 bits per heavy atom. The van der Waals surface area contributed by atoms with Gasteiger partial charge in [0.05, 0.1) is 6.20 Å². The first-order chi connectivity index (χ1) is 10.4. The number of rotatable bonds is 5. The second-order valence-electron chi connectivity index (χ2n) is 5.32. The minimum Gasteiger partial charge on any atom is -0.357 e. The molecular weight excluding hydrogens is 300 g/mol. The van der Waals surface area contributed by atoms with E-state index in [2.05, 4.69) is 28.7 Å². The van der Waals surface area contributed by atoms with Crippen LogP contribution in [-0.4, -0.2) is 33.4 Å². The fraction of sp³-hybridized carbons (Fsp3) is 0.312. The van der Waals surface area contributed by atoms with Gasteiger partial charge in [0.15, 0.2) is 0 Å². The Morgan fingerprint density at radius 3 is 2.55 bits per heavy atom. The van der Waals surface area contributed by atoms with Gasteiger partial charge in [-0.15, -0.1) is 0 Å². The number of halogens is 1. The molecule has 6 heteroatoms. The summed E-state index contributed by atoms with van der Waals surface area (Å²) in [5, 5.41) is 0.291. The summed E-state index contributed by atoms with van der Waals surface area (Å²) in [5.41, 5.74) is 1.31. The molecule has 2 heterocycles. The normalized spacial score (nSPS) is 11.4. The summed E-state index contributed by atoms with van der Waals surface area (Å²) in [6.07, 6.45) is 6.44. The van der Waals surface area contributed by atoms with E-state index in [1.54, 1.807) is 23.9 Å². The molecule has 0 atom stereocenters. The van der Waals surface area contributed by atoms with Crippen LogP contribution in [0.1, 0.15) is 29.9 Å². The minimum absolute atomic E-state index is 0.148. The van der Waals surface area contributed by atoms with Crippen molar-refractivity contribution in [3.05, 3.63) is 47.1 Å². The lowest BCUT2D eigenvalue weighted by Gasteiger charge is -2.22. The standard InChI is InChI=1S/C16H19ClN4O/c1-11(2)20(3)15-8-6-12(9-18-15)5-7-14(22)13-10-19-16(17)21(13)4/h5-11H,1-4H3. The van der Waals surface area contributed by atoms with E-state index in [0.29, 0.717) is 17.0 Å². The largest absolute Gasteiger partial charge is 0.357 e. The van der Waals surface area contributed by atoms with Crippen molar-refractivity contribution in [2.75, 3.05) is 11.9 Å². The van der Waals surface area contributed by atoms with E-state index >= 15 is 0 Å². The summed E-state index contributed by atoms with van der Waals surface area (Å²) in [5.74, 6) is 0.752. The van der Waals surface area contributed by atoms with Crippen molar-refractivity contribution in [2.24, 2.45) is 7.05 Å². The van der Waals surface area contributed by atoms with Gasteiger partial charge in [-0.3, -0.25) is 4.79 Å². The molecule has 116 valence electrons. The Labute approximate surface area is 135 Å². The average Bonchev–Trinajstić information content (AvgIpc) is 2.84. The van der Waals surface area contributed by atoms with Crippen molar-refractivity contribution in [3.63, 3.8) is 0 Å². The summed E-state index contributed by atoms with van der Waals surface area (Å²) < 4.78 is 1.55. The van der Waals surface area contributed by atoms with Gasteiger partial charge in [-0.2, -0.15) is 0 Å². The molecular formula is C16H19ClN4O. The van der Waals surface area contributed by atoms with Crippen LogP contribution in [0, 0.1) is 0 Å². The molecule has 0 aliphatic heterocycles. The van der Waals surface area contributed by atoms with Crippen molar-refractivity contribution >= 4 is 29.3 Å². The number of anilines is 1. The molecule has 0 aromatic carbocycles. The van der Waals surface area contributed by atoms with E-state index in [1.807, 2.05) is 19.2 Å². The van der Waals surface area contributed by atoms with Crippen LogP contribution in [-0.2, 0) is 7.05 Å². The first-order valence-electron chi connectivity index (χ1n) is 6.98. The molecule has 22 heavy (non-hydrogen) atoms. The SMILES string of the molecule is CC(C)N(C)c1ccc(C=CC(=O)c2cnc(Cl)n2C)cn1. The number of allylic oxidation sites excluding steroid dienone is 1. The second-order valence-corrected chi connectivity index (χ2v) is 5.66. The van der Waals surface area contributed by atoms with Crippen molar-refractivity contribution in [1.29, 1.82) is 0 Å². The Balaban J connectivity index is 2.10. The minimum atomic E-state index is -0.148. The summed E-state index contributed by atoms with van der Waals surface area (Å²) >= 11 is 5.82. The maximum atomic E-state index is 12.1. The Hall–Kier alpha value is -2.14. The molecule has 0 aliphatic carbocycles. The molecule has 2 aromatic rings. The van der Waals surface area contributed by atoms with E-state index in [0.717, 1.165) is 11.4 Å². The van der Waals surface area contributed by atoms with Gasteiger partial charge < -0.3 is 9.47 Å². The van der Waals surface area contributed by atoms with Gasteiger partial charge in [-0.1, -0.05) is 0 Å². The van der Waals surface area contributed by atoms with Crippen molar-refractivity contribution in [2.45, 2.75) is 19.9 Å². The number of hydrogen-bond acceptors (Lipinski definition) is 4. The number of carbonyl (C=O) groups is 1. The first-order valence-corrected chi connectivity index (χ1v) is 7.36. The van der Waals surface area contributed by atoms with Crippen LogP contribution in [0.3, 0.4) is 0 Å². The van der Waals surface area contributed by atoms with E-state index in [-0.39, 0.29) is 5.78 Å². The zero-order valence-electron chi connectivity index (χ0n) is 13.1. The highest BCUT2D eigenvalue weighted by atomic mass is 35.5. The first kappa shape index (κ1) is 16.2. The summed E-state index contributed by atoms with van der Waals surface area (Å²) in [6, 6.07) is 4.25. The molecule has 0 bridgehead atoms. The molecule has 5 nitrogen and oxygen atoms in total. The van der Waals surface area contributed by atoms with Crippen LogP contribution in [0.25, 0.3) is 6.08 Å². The molecule has 0 spiro atoms. The molecule has 0 aliphatic rings. The third kappa shape index (κ3) is 3.54. The zero-order chi connectivity index (χ0) is 16.3. The van der Waals surface area contributed by atoms with Gasteiger partial charge in [-0.25, -0.2) is 9.97 Å². The molecule has 0 fully saturated rings. The van der Waals surface area contributed by atoms with E-state index in [1.165, 1.54) is 12.3 Å². The number of aromatic nitrogens is 3. The fourth-order valence-corrected chi connectivity index (χ4v) is 1.98. The van der Waals surface area contributed by atoms with Gasteiger partial charge in [0.25, 0.3) is 0 Å². The number of imidazole rings is 1. The lowest BCUT2D eigenvalue weighted by Crippen LogP contribution is -2.26. The Bertz CT molecular complexity index is 689. The summed E-state index contributed by atoms with van der Waals surface area (Å²) in [7, 11) is 3.70. The average molecular weight is 319 g/mol. The molecule has 0 saturated heterocycles. The number of nitrogens with zero attached hydrogens (tertiary/aromatic N) is 4. The summed E-state index contributed by atoms with van der Waals surface area (Å²) in [4.78, 5) is 22.5. The van der Waals surface area contributed by atoms with Gasteiger partial charge in [0, 0.05) is 26.3 Å². The topological polar surface area (TPSA) is 51.0 Å². The number of pyridine rings is 1. The quantitative estimate of drug-likeness (QED) is 0.627. The lowest BCUT2D eigenvalue weighted by molar-refractivity contribution is 0.104. The van der Waals surface area contributed by atoms with Gasteiger partial charge >= 0.3 is 0 Å². The van der Waals surface area contributed by atoms with Crippen LogP contribution in [0.15, 0.2) is 30.6 Å². The smallest absolute Gasteiger partial charge is 0.203 e.